The number of anilines is 2. The summed E-state index contributed by atoms with van der Waals surface area (Å²) in [5, 5.41) is 11.1. The zero-order valence-electron chi connectivity index (χ0n) is 11.4. The van der Waals surface area contributed by atoms with Gasteiger partial charge in [0.25, 0.3) is 0 Å². The summed E-state index contributed by atoms with van der Waals surface area (Å²) in [4.78, 5) is 20.1. The van der Waals surface area contributed by atoms with Gasteiger partial charge < -0.3 is 15.4 Å². The lowest BCUT2D eigenvalue weighted by molar-refractivity contribution is -0.383. The summed E-state index contributed by atoms with van der Waals surface area (Å²) in [6.07, 6.45) is 2.06. The fourth-order valence-corrected chi connectivity index (χ4v) is 1.71. The maximum atomic E-state index is 11.1. The predicted octanol–water partition coefficient (Wildman–Crippen LogP) is 1.22. The van der Waals surface area contributed by atoms with Crippen LogP contribution in [0.15, 0.2) is 6.33 Å². The van der Waals surface area contributed by atoms with Crippen molar-refractivity contribution in [1.29, 1.82) is 0 Å². The molecule has 1 atom stereocenters. The van der Waals surface area contributed by atoms with Crippen molar-refractivity contribution in [2.75, 3.05) is 30.9 Å². The molecular weight excluding hydrogens is 250 g/mol. The molecule has 0 aromatic carbocycles. The number of nitro groups is 1. The molecule has 2 N–H and O–H groups in total. The predicted molar refractivity (Wildman–Crippen MR) is 72.1 cm³/mol. The highest BCUT2D eigenvalue weighted by Gasteiger charge is 2.27. The summed E-state index contributed by atoms with van der Waals surface area (Å²) in [5.41, 5.74) is 5.33. The third-order valence-electron chi connectivity index (χ3n) is 2.95. The van der Waals surface area contributed by atoms with Crippen LogP contribution in [0.5, 0.6) is 0 Å². The molecule has 0 spiro atoms. The van der Waals surface area contributed by atoms with Gasteiger partial charge in [0.1, 0.15) is 6.33 Å². The molecule has 0 fully saturated rings. The second-order valence-corrected chi connectivity index (χ2v) is 4.13. The molecule has 1 rings (SSSR count). The fourth-order valence-electron chi connectivity index (χ4n) is 1.71. The minimum atomic E-state index is -0.549. The van der Waals surface area contributed by atoms with Crippen LogP contribution < -0.4 is 10.6 Å². The monoisotopic (exact) mass is 269 g/mol. The molecule has 0 aliphatic heterocycles. The summed E-state index contributed by atoms with van der Waals surface area (Å²) in [6, 6.07) is 0.0862. The third-order valence-corrected chi connectivity index (χ3v) is 2.95. The molecule has 1 heterocycles. The molecule has 1 aromatic heterocycles. The average Bonchev–Trinajstić information content (AvgIpc) is 2.38. The van der Waals surface area contributed by atoms with Crippen molar-refractivity contribution in [2.45, 2.75) is 26.3 Å². The molecule has 0 amide bonds. The quantitative estimate of drug-likeness (QED) is 0.585. The van der Waals surface area contributed by atoms with Gasteiger partial charge in [0, 0.05) is 19.7 Å². The number of rotatable bonds is 7. The highest BCUT2D eigenvalue weighted by Crippen LogP contribution is 2.31. The average molecular weight is 269 g/mol. The van der Waals surface area contributed by atoms with Gasteiger partial charge in [0.05, 0.1) is 11.5 Å². The first-order chi connectivity index (χ1) is 9.02. The van der Waals surface area contributed by atoms with E-state index in [1.54, 1.807) is 7.11 Å². The lowest BCUT2D eigenvalue weighted by atomic mass is 10.2. The van der Waals surface area contributed by atoms with Gasteiger partial charge in [-0.05, 0) is 13.3 Å². The van der Waals surface area contributed by atoms with Gasteiger partial charge in [-0.25, -0.2) is 9.97 Å². The number of hydrogen-bond donors (Lipinski definition) is 1. The molecule has 106 valence electrons. The van der Waals surface area contributed by atoms with Gasteiger partial charge in [-0.3, -0.25) is 10.1 Å². The van der Waals surface area contributed by atoms with E-state index in [1.165, 1.54) is 6.33 Å². The first kappa shape index (κ1) is 15.1. The standard InChI is InChI=1S/C11H19N5O3/c1-4-8(2)15(5-6-19-3)11-9(16(17)18)10(12)13-7-14-11/h7-8H,4-6H2,1-3H3,(H2,12,13,14). The lowest BCUT2D eigenvalue weighted by Gasteiger charge is -2.28. The van der Waals surface area contributed by atoms with Gasteiger partial charge in [-0.15, -0.1) is 0 Å². The zero-order valence-corrected chi connectivity index (χ0v) is 11.4. The molecule has 8 nitrogen and oxygen atoms in total. The molecule has 0 aliphatic carbocycles. The van der Waals surface area contributed by atoms with Gasteiger partial charge >= 0.3 is 5.69 Å². The number of nitrogens with two attached hydrogens (primary N) is 1. The molecular formula is C11H19N5O3. The SMILES string of the molecule is CCC(C)N(CCOC)c1ncnc(N)c1[N+](=O)[O-]. The van der Waals surface area contributed by atoms with Crippen LogP contribution in [0.25, 0.3) is 0 Å². The Kier molecular flexibility index (Phi) is 5.43. The van der Waals surface area contributed by atoms with E-state index >= 15 is 0 Å². The smallest absolute Gasteiger partial charge is 0.353 e. The third kappa shape index (κ3) is 3.50. The van der Waals surface area contributed by atoms with E-state index in [1.807, 2.05) is 18.7 Å². The first-order valence-electron chi connectivity index (χ1n) is 6.03. The Morgan fingerprint density at radius 3 is 2.79 bits per heavy atom. The van der Waals surface area contributed by atoms with Crippen molar-refractivity contribution in [3.63, 3.8) is 0 Å². The van der Waals surface area contributed by atoms with Crippen LogP contribution in [0, 0.1) is 10.1 Å². The molecule has 0 saturated carbocycles. The van der Waals surface area contributed by atoms with Crippen LogP contribution >= 0.6 is 0 Å². The van der Waals surface area contributed by atoms with Crippen LogP contribution in [-0.4, -0.2) is 41.2 Å². The van der Waals surface area contributed by atoms with E-state index in [9.17, 15) is 10.1 Å². The topological polar surface area (TPSA) is 107 Å². The van der Waals surface area contributed by atoms with Crippen LogP contribution in [0.4, 0.5) is 17.3 Å². The molecule has 0 aliphatic rings. The van der Waals surface area contributed by atoms with Crippen LogP contribution in [-0.2, 0) is 4.74 Å². The highest BCUT2D eigenvalue weighted by molar-refractivity contribution is 5.68. The number of hydrogen-bond acceptors (Lipinski definition) is 7. The van der Waals surface area contributed by atoms with E-state index in [2.05, 4.69) is 9.97 Å². The Morgan fingerprint density at radius 2 is 2.26 bits per heavy atom. The number of aromatic nitrogens is 2. The second-order valence-electron chi connectivity index (χ2n) is 4.13. The summed E-state index contributed by atoms with van der Waals surface area (Å²) in [7, 11) is 1.58. The summed E-state index contributed by atoms with van der Waals surface area (Å²) >= 11 is 0. The van der Waals surface area contributed by atoms with Crippen molar-refractivity contribution < 1.29 is 9.66 Å². The lowest BCUT2D eigenvalue weighted by Crippen LogP contribution is -2.36. The van der Waals surface area contributed by atoms with Crippen molar-refractivity contribution in [1.82, 2.24) is 9.97 Å². The molecule has 0 radical (unpaired) electrons. The Bertz CT molecular complexity index is 440. The van der Waals surface area contributed by atoms with Gasteiger partial charge in [-0.1, -0.05) is 6.92 Å². The number of nitrogens with zero attached hydrogens (tertiary/aromatic N) is 4. The Labute approximate surface area is 111 Å². The largest absolute Gasteiger partial charge is 0.383 e. The van der Waals surface area contributed by atoms with Crippen molar-refractivity contribution in [3.05, 3.63) is 16.4 Å². The maximum Gasteiger partial charge on any atom is 0.353 e. The molecule has 8 heteroatoms. The highest BCUT2D eigenvalue weighted by atomic mass is 16.6. The van der Waals surface area contributed by atoms with Crippen molar-refractivity contribution >= 4 is 17.3 Å². The molecule has 1 aromatic rings. The fraction of sp³-hybridized carbons (Fsp3) is 0.636. The summed E-state index contributed by atoms with van der Waals surface area (Å²) < 4.78 is 5.03. The van der Waals surface area contributed by atoms with E-state index in [4.69, 9.17) is 10.5 Å². The normalized spacial score (nSPS) is 12.2. The first-order valence-corrected chi connectivity index (χ1v) is 6.03. The van der Waals surface area contributed by atoms with E-state index in [-0.39, 0.29) is 23.4 Å². The molecule has 1 unspecified atom stereocenters. The van der Waals surface area contributed by atoms with Crippen molar-refractivity contribution in [3.8, 4) is 0 Å². The van der Waals surface area contributed by atoms with Crippen LogP contribution in [0.3, 0.4) is 0 Å². The van der Waals surface area contributed by atoms with Crippen LogP contribution in [0.1, 0.15) is 20.3 Å². The summed E-state index contributed by atoms with van der Waals surface area (Å²) in [6.45, 7) is 4.92. The molecule has 19 heavy (non-hydrogen) atoms. The van der Waals surface area contributed by atoms with Gasteiger partial charge in [-0.2, -0.15) is 0 Å². The minimum Gasteiger partial charge on any atom is -0.383 e. The summed E-state index contributed by atoms with van der Waals surface area (Å²) in [5.74, 6) is 0.115. The van der Waals surface area contributed by atoms with Crippen LogP contribution in [0.2, 0.25) is 0 Å². The number of nitrogen functional groups attached to an aromatic ring is 1. The molecule has 0 bridgehead atoms. The second kappa shape index (κ2) is 6.83. The van der Waals surface area contributed by atoms with E-state index in [0.29, 0.717) is 13.2 Å². The van der Waals surface area contributed by atoms with Gasteiger partial charge in [0.2, 0.25) is 11.6 Å². The Balaban J connectivity index is 3.21. The Hall–Kier alpha value is -1.96. The Morgan fingerprint density at radius 1 is 1.58 bits per heavy atom. The van der Waals surface area contributed by atoms with Gasteiger partial charge in [0.15, 0.2) is 0 Å². The number of ether oxygens (including phenoxy) is 1. The van der Waals surface area contributed by atoms with E-state index in [0.717, 1.165) is 6.42 Å². The molecule has 0 saturated heterocycles. The maximum absolute atomic E-state index is 11.1. The van der Waals surface area contributed by atoms with E-state index < -0.39 is 4.92 Å². The van der Waals surface area contributed by atoms with Crippen molar-refractivity contribution in [2.24, 2.45) is 0 Å². The zero-order chi connectivity index (χ0) is 14.4. The minimum absolute atomic E-state index is 0.0862. The number of methoxy groups -OCH3 is 1.